The van der Waals surface area contributed by atoms with E-state index in [2.05, 4.69) is 4.98 Å². The summed E-state index contributed by atoms with van der Waals surface area (Å²) in [5.41, 5.74) is 1.13. The maximum atomic E-state index is 12.9. The summed E-state index contributed by atoms with van der Waals surface area (Å²) in [6.07, 6.45) is -0.831. The van der Waals surface area contributed by atoms with E-state index >= 15 is 0 Å². The van der Waals surface area contributed by atoms with Gasteiger partial charge in [0.1, 0.15) is 23.6 Å². The zero-order valence-corrected chi connectivity index (χ0v) is 18.6. The molecular formula is C20H17N3O7S2. The van der Waals surface area contributed by atoms with Gasteiger partial charge in [0.25, 0.3) is 5.69 Å². The SMILES string of the molecule is CC(=O)OC(c1csc(C)n1)C1C(=O)N2C(C(=O)OCc3ccc([N+](=O)[O-])cc3)=CSC12. The summed E-state index contributed by atoms with van der Waals surface area (Å²) in [5, 5.41) is 14.4. The van der Waals surface area contributed by atoms with Crippen molar-refractivity contribution >= 4 is 46.6 Å². The summed E-state index contributed by atoms with van der Waals surface area (Å²) in [6.45, 7) is 3.00. The van der Waals surface area contributed by atoms with Crippen LogP contribution in [0.2, 0.25) is 0 Å². The molecule has 166 valence electrons. The van der Waals surface area contributed by atoms with Gasteiger partial charge < -0.3 is 9.47 Å². The van der Waals surface area contributed by atoms with E-state index in [1.54, 1.807) is 10.8 Å². The van der Waals surface area contributed by atoms with Gasteiger partial charge in [0.15, 0.2) is 6.10 Å². The van der Waals surface area contributed by atoms with Crippen LogP contribution in [0, 0.1) is 23.0 Å². The molecule has 1 fully saturated rings. The molecule has 1 saturated heterocycles. The van der Waals surface area contributed by atoms with Gasteiger partial charge in [0.2, 0.25) is 5.91 Å². The Morgan fingerprint density at radius 3 is 2.62 bits per heavy atom. The average molecular weight is 476 g/mol. The van der Waals surface area contributed by atoms with Crippen LogP contribution in [0.5, 0.6) is 0 Å². The predicted octanol–water partition coefficient (Wildman–Crippen LogP) is 3.08. The number of thioether (sulfide) groups is 1. The molecule has 2 aliphatic rings. The number of benzene rings is 1. The van der Waals surface area contributed by atoms with E-state index < -0.39 is 34.3 Å². The molecule has 32 heavy (non-hydrogen) atoms. The number of β-lactam (4-membered cyclic amide) rings is 1. The quantitative estimate of drug-likeness (QED) is 0.257. The minimum Gasteiger partial charge on any atom is -0.456 e. The molecule has 2 aromatic rings. The van der Waals surface area contributed by atoms with Gasteiger partial charge in [0.05, 0.1) is 15.6 Å². The number of nitro benzene ring substituents is 1. The number of hydrogen-bond acceptors (Lipinski definition) is 10. The van der Waals surface area contributed by atoms with Gasteiger partial charge in [-0.25, -0.2) is 9.78 Å². The number of aromatic nitrogens is 1. The maximum absolute atomic E-state index is 12.9. The number of aryl methyl sites for hydroxylation is 1. The summed E-state index contributed by atoms with van der Waals surface area (Å²) >= 11 is 2.67. The summed E-state index contributed by atoms with van der Waals surface area (Å²) < 4.78 is 10.7. The number of rotatable bonds is 7. The van der Waals surface area contributed by atoms with Crippen molar-refractivity contribution in [3.8, 4) is 0 Å². The maximum Gasteiger partial charge on any atom is 0.355 e. The van der Waals surface area contributed by atoms with Crippen LogP contribution in [0.1, 0.15) is 29.3 Å². The molecule has 0 bridgehead atoms. The molecule has 4 rings (SSSR count). The Morgan fingerprint density at radius 1 is 1.31 bits per heavy atom. The second kappa shape index (κ2) is 8.71. The highest BCUT2D eigenvalue weighted by atomic mass is 32.2. The number of nitro groups is 1. The van der Waals surface area contributed by atoms with Crippen LogP contribution in [-0.2, 0) is 30.5 Å². The summed E-state index contributed by atoms with van der Waals surface area (Å²) in [7, 11) is 0. The normalized spacial score (nSPS) is 20.1. The smallest absolute Gasteiger partial charge is 0.355 e. The molecule has 3 atom stereocenters. The number of non-ortho nitro benzene ring substituents is 1. The highest BCUT2D eigenvalue weighted by Crippen LogP contribution is 2.50. The van der Waals surface area contributed by atoms with Crippen LogP contribution >= 0.6 is 23.1 Å². The van der Waals surface area contributed by atoms with Crippen LogP contribution in [0.3, 0.4) is 0 Å². The van der Waals surface area contributed by atoms with E-state index in [9.17, 15) is 24.5 Å². The van der Waals surface area contributed by atoms with Crippen molar-refractivity contribution in [2.75, 3.05) is 0 Å². The number of esters is 2. The lowest BCUT2D eigenvalue weighted by Crippen LogP contribution is -2.59. The fourth-order valence-electron chi connectivity index (χ4n) is 3.45. The third-order valence-corrected chi connectivity index (χ3v) is 6.87. The van der Waals surface area contributed by atoms with Crippen molar-refractivity contribution in [2.24, 2.45) is 5.92 Å². The van der Waals surface area contributed by atoms with Crippen molar-refractivity contribution in [3.05, 3.63) is 67.1 Å². The molecule has 3 heterocycles. The van der Waals surface area contributed by atoms with Crippen LogP contribution in [0.4, 0.5) is 5.69 Å². The van der Waals surface area contributed by atoms with E-state index in [4.69, 9.17) is 9.47 Å². The second-order valence-electron chi connectivity index (χ2n) is 7.08. The van der Waals surface area contributed by atoms with Gasteiger partial charge in [-0.05, 0) is 24.6 Å². The lowest BCUT2D eigenvalue weighted by molar-refractivity contribution is -0.384. The largest absolute Gasteiger partial charge is 0.456 e. The third-order valence-electron chi connectivity index (χ3n) is 4.94. The zero-order chi connectivity index (χ0) is 23.0. The fraction of sp³-hybridized carbons (Fsp3) is 0.300. The second-order valence-corrected chi connectivity index (χ2v) is 9.14. The zero-order valence-electron chi connectivity index (χ0n) is 16.9. The Labute approximate surface area is 190 Å². The van der Waals surface area contributed by atoms with Crippen LogP contribution in [0.25, 0.3) is 0 Å². The average Bonchev–Trinajstić information content (AvgIpc) is 3.35. The van der Waals surface area contributed by atoms with E-state index in [0.29, 0.717) is 11.3 Å². The lowest BCUT2D eigenvalue weighted by atomic mass is 9.89. The molecule has 0 aliphatic carbocycles. The Kier molecular flexibility index (Phi) is 5.98. The highest BCUT2D eigenvalue weighted by Gasteiger charge is 2.58. The lowest BCUT2D eigenvalue weighted by Gasteiger charge is -2.45. The topological polar surface area (TPSA) is 129 Å². The number of carbonyl (C=O) groups excluding carboxylic acids is 3. The van der Waals surface area contributed by atoms with E-state index in [-0.39, 0.29) is 23.9 Å². The van der Waals surface area contributed by atoms with Crippen molar-refractivity contribution in [2.45, 2.75) is 31.9 Å². The van der Waals surface area contributed by atoms with Gasteiger partial charge in [-0.2, -0.15) is 0 Å². The Hall–Kier alpha value is -3.25. The summed E-state index contributed by atoms with van der Waals surface area (Å²) in [6, 6.07) is 5.64. The molecule has 0 N–H and O–H groups in total. The molecule has 0 radical (unpaired) electrons. The van der Waals surface area contributed by atoms with Crippen LogP contribution in [-0.4, -0.2) is 38.0 Å². The van der Waals surface area contributed by atoms with Crippen LogP contribution < -0.4 is 0 Å². The Bertz CT molecular complexity index is 1130. The molecular weight excluding hydrogens is 458 g/mol. The minimum absolute atomic E-state index is 0.0623. The highest BCUT2D eigenvalue weighted by molar-refractivity contribution is 8.03. The van der Waals surface area contributed by atoms with E-state index in [1.807, 2.05) is 6.92 Å². The number of hydrogen-bond donors (Lipinski definition) is 0. The third kappa shape index (κ3) is 4.10. The first-order valence-electron chi connectivity index (χ1n) is 9.44. The number of nitrogens with zero attached hydrogens (tertiary/aromatic N) is 3. The van der Waals surface area contributed by atoms with Gasteiger partial charge in [0, 0.05) is 29.8 Å². The molecule has 0 saturated carbocycles. The molecule has 10 nitrogen and oxygen atoms in total. The molecule has 1 aromatic heterocycles. The van der Waals surface area contributed by atoms with E-state index in [1.165, 1.54) is 59.2 Å². The minimum atomic E-state index is -0.831. The number of amides is 1. The number of thiazole rings is 1. The standard InChI is InChI=1S/C20H17N3O7S2/c1-10-21-14(8-31-10)17(30-11(2)24)16-18(25)22-15(9-32-19(16)22)20(26)29-7-12-3-5-13(6-4-12)23(27)28/h3-6,8-9,16-17,19H,7H2,1-2H3. The van der Waals surface area contributed by atoms with Crippen molar-refractivity contribution in [1.82, 2.24) is 9.88 Å². The summed E-state index contributed by atoms with van der Waals surface area (Å²) in [4.78, 5) is 53.0. The van der Waals surface area contributed by atoms with E-state index in [0.717, 1.165) is 5.01 Å². The summed E-state index contributed by atoms with van der Waals surface area (Å²) in [5.74, 6) is -2.22. The molecule has 1 amide bonds. The molecule has 3 unspecified atom stereocenters. The van der Waals surface area contributed by atoms with Gasteiger partial charge in [-0.15, -0.1) is 23.1 Å². The van der Waals surface area contributed by atoms with Crippen molar-refractivity contribution < 1.29 is 28.8 Å². The molecule has 2 aliphatic heterocycles. The van der Waals surface area contributed by atoms with Crippen LogP contribution in [0.15, 0.2) is 40.8 Å². The predicted molar refractivity (Wildman–Crippen MR) is 114 cm³/mol. The fourth-order valence-corrected chi connectivity index (χ4v) is 5.33. The molecule has 1 aromatic carbocycles. The van der Waals surface area contributed by atoms with Crippen molar-refractivity contribution in [1.29, 1.82) is 0 Å². The molecule has 0 spiro atoms. The number of fused-ring (bicyclic) bond motifs is 1. The number of carbonyl (C=O) groups is 3. The van der Waals surface area contributed by atoms with Gasteiger partial charge in [-0.1, -0.05) is 0 Å². The van der Waals surface area contributed by atoms with Gasteiger partial charge in [-0.3, -0.25) is 24.6 Å². The first-order chi connectivity index (χ1) is 15.3. The first-order valence-corrected chi connectivity index (χ1v) is 11.3. The monoisotopic (exact) mass is 475 g/mol. The first kappa shape index (κ1) is 22.0. The Morgan fingerprint density at radius 2 is 2.03 bits per heavy atom. The number of ether oxygens (including phenoxy) is 2. The van der Waals surface area contributed by atoms with Crippen molar-refractivity contribution in [3.63, 3.8) is 0 Å². The van der Waals surface area contributed by atoms with Gasteiger partial charge >= 0.3 is 11.9 Å². The Balaban J connectivity index is 1.41. The molecule has 12 heteroatoms.